The van der Waals surface area contributed by atoms with Crippen LogP contribution in [-0.2, 0) is 20.6 Å². The molecule has 0 atom stereocenters. The van der Waals surface area contributed by atoms with Crippen LogP contribution in [0.25, 0.3) is 10.9 Å². The number of ether oxygens (including phenoxy) is 1. The fourth-order valence-corrected chi connectivity index (χ4v) is 2.86. The summed E-state index contributed by atoms with van der Waals surface area (Å²) in [6.45, 7) is 2.84. The number of nitrogens with one attached hydrogen (secondary N) is 1. The summed E-state index contributed by atoms with van der Waals surface area (Å²) < 4.78 is 8.81. The molecule has 6 nitrogen and oxygen atoms in total. The van der Waals surface area contributed by atoms with E-state index in [1.807, 2.05) is 37.3 Å². The number of pyridine rings is 1. The first-order valence-corrected chi connectivity index (χ1v) is 8.17. The van der Waals surface area contributed by atoms with Crippen LogP contribution in [-0.4, -0.2) is 21.6 Å². The quantitative estimate of drug-likeness (QED) is 0.775. The highest BCUT2D eigenvalue weighted by molar-refractivity contribution is 5.98. The summed E-state index contributed by atoms with van der Waals surface area (Å²) in [5.41, 5.74) is 1.98. The lowest BCUT2D eigenvalue weighted by atomic mass is 10.2. The third-order valence-electron chi connectivity index (χ3n) is 4.23. The summed E-state index contributed by atoms with van der Waals surface area (Å²) in [5, 5.41) is 3.44. The summed E-state index contributed by atoms with van der Waals surface area (Å²) in [6.07, 6.45) is 1.70. The zero-order valence-electron chi connectivity index (χ0n) is 14.6. The number of aryl methyl sites for hydroxylation is 2. The fraction of sp³-hybridized carbons (Fsp3) is 0.263. The van der Waals surface area contributed by atoms with E-state index in [9.17, 15) is 9.59 Å². The summed E-state index contributed by atoms with van der Waals surface area (Å²) in [6, 6.07) is 11.1. The van der Waals surface area contributed by atoms with Gasteiger partial charge in [-0.2, -0.15) is 0 Å². The van der Waals surface area contributed by atoms with Crippen LogP contribution in [0, 0.1) is 0 Å². The maximum Gasteiger partial charge on any atom is 0.268 e. The molecule has 6 heteroatoms. The molecule has 0 saturated carbocycles. The van der Waals surface area contributed by atoms with E-state index < -0.39 is 0 Å². The molecule has 0 aliphatic rings. The van der Waals surface area contributed by atoms with Crippen molar-refractivity contribution in [2.75, 3.05) is 6.61 Å². The lowest BCUT2D eigenvalue weighted by Crippen LogP contribution is -2.25. The molecule has 0 fully saturated rings. The normalized spacial score (nSPS) is 10.8. The van der Waals surface area contributed by atoms with Gasteiger partial charge >= 0.3 is 0 Å². The molecule has 0 spiro atoms. The van der Waals surface area contributed by atoms with E-state index in [-0.39, 0.29) is 11.5 Å². The molecule has 0 unspecified atom stereocenters. The average Bonchev–Trinajstić information content (AvgIpc) is 2.95. The molecular formula is C19H21N3O3. The predicted molar refractivity (Wildman–Crippen MR) is 96.9 cm³/mol. The zero-order chi connectivity index (χ0) is 18.0. The van der Waals surface area contributed by atoms with E-state index in [1.165, 1.54) is 4.57 Å². The van der Waals surface area contributed by atoms with Gasteiger partial charge in [0, 0.05) is 32.4 Å². The smallest absolute Gasteiger partial charge is 0.268 e. The van der Waals surface area contributed by atoms with Gasteiger partial charge < -0.3 is 19.2 Å². The number of carbonyl (C=O) groups excluding carboxylic acids is 1. The summed E-state index contributed by atoms with van der Waals surface area (Å²) >= 11 is 0. The molecule has 3 aromatic rings. The number of amides is 1. The lowest BCUT2D eigenvalue weighted by molar-refractivity contribution is 0.0943. The SMILES string of the molecule is CCOc1ccccc1CNC(=O)c1cc2c(=O)n(C)ccc2n1C. The van der Waals surface area contributed by atoms with Gasteiger partial charge in [0.25, 0.3) is 11.5 Å². The Morgan fingerprint density at radius 2 is 1.96 bits per heavy atom. The van der Waals surface area contributed by atoms with Gasteiger partial charge in [-0.25, -0.2) is 0 Å². The Balaban J connectivity index is 1.85. The highest BCUT2D eigenvalue weighted by Crippen LogP contribution is 2.19. The number of para-hydroxylation sites is 1. The van der Waals surface area contributed by atoms with Crippen LogP contribution in [0.1, 0.15) is 23.0 Å². The Labute approximate surface area is 145 Å². The van der Waals surface area contributed by atoms with E-state index in [4.69, 9.17) is 4.74 Å². The number of rotatable bonds is 5. The van der Waals surface area contributed by atoms with Crippen molar-refractivity contribution in [2.45, 2.75) is 13.5 Å². The van der Waals surface area contributed by atoms with Crippen LogP contribution in [0.4, 0.5) is 0 Å². The number of hydrogen-bond acceptors (Lipinski definition) is 3. The van der Waals surface area contributed by atoms with E-state index in [0.29, 0.717) is 24.2 Å². The molecule has 2 heterocycles. The highest BCUT2D eigenvalue weighted by atomic mass is 16.5. The second-order valence-corrected chi connectivity index (χ2v) is 5.84. The van der Waals surface area contributed by atoms with Crippen molar-refractivity contribution in [3.05, 3.63) is 64.2 Å². The number of hydrogen-bond donors (Lipinski definition) is 1. The van der Waals surface area contributed by atoms with Gasteiger partial charge in [0.2, 0.25) is 0 Å². The molecule has 0 radical (unpaired) electrons. The first kappa shape index (κ1) is 16.8. The van der Waals surface area contributed by atoms with Crippen LogP contribution in [0.2, 0.25) is 0 Å². The molecule has 2 aromatic heterocycles. The Hall–Kier alpha value is -3.02. The molecule has 1 N–H and O–H groups in total. The topological polar surface area (TPSA) is 65.3 Å². The first-order chi connectivity index (χ1) is 12.0. The number of aromatic nitrogens is 2. The molecule has 25 heavy (non-hydrogen) atoms. The van der Waals surface area contributed by atoms with E-state index in [1.54, 1.807) is 30.9 Å². The number of fused-ring (bicyclic) bond motifs is 1. The minimum Gasteiger partial charge on any atom is -0.494 e. The lowest BCUT2D eigenvalue weighted by Gasteiger charge is -2.11. The third-order valence-corrected chi connectivity index (χ3v) is 4.23. The molecule has 130 valence electrons. The molecule has 0 bridgehead atoms. The number of carbonyl (C=O) groups is 1. The highest BCUT2D eigenvalue weighted by Gasteiger charge is 2.16. The predicted octanol–water partition coefficient (Wildman–Crippen LogP) is 2.21. The van der Waals surface area contributed by atoms with Crippen molar-refractivity contribution in [3.63, 3.8) is 0 Å². The maximum atomic E-state index is 12.6. The largest absolute Gasteiger partial charge is 0.494 e. The van der Waals surface area contributed by atoms with Gasteiger partial charge in [-0.15, -0.1) is 0 Å². The van der Waals surface area contributed by atoms with Gasteiger partial charge in [0.15, 0.2) is 0 Å². The monoisotopic (exact) mass is 339 g/mol. The van der Waals surface area contributed by atoms with Crippen molar-refractivity contribution < 1.29 is 9.53 Å². The second kappa shape index (κ2) is 6.84. The van der Waals surface area contributed by atoms with Gasteiger partial charge in [-0.3, -0.25) is 9.59 Å². The van der Waals surface area contributed by atoms with Gasteiger partial charge in [-0.05, 0) is 25.1 Å². The van der Waals surface area contributed by atoms with E-state index in [2.05, 4.69) is 5.32 Å². The van der Waals surface area contributed by atoms with E-state index in [0.717, 1.165) is 16.8 Å². The number of benzene rings is 1. The Kier molecular flexibility index (Phi) is 4.61. The van der Waals surface area contributed by atoms with Crippen molar-refractivity contribution in [3.8, 4) is 5.75 Å². The van der Waals surface area contributed by atoms with Crippen LogP contribution < -0.4 is 15.6 Å². The molecule has 0 saturated heterocycles. The van der Waals surface area contributed by atoms with Crippen LogP contribution >= 0.6 is 0 Å². The van der Waals surface area contributed by atoms with Crippen molar-refractivity contribution in [1.29, 1.82) is 0 Å². The second-order valence-electron chi connectivity index (χ2n) is 5.84. The molecule has 1 amide bonds. The van der Waals surface area contributed by atoms with Crippen LogP contribution in [0.15, 0.2) is 47.4 Å². The number of nitrogens with zero attached hydrogens (tertiary/aromatic N) is 2. The summed E-state index contributed by atoms with van der Waals surface area (Å²) in [7, 11) is 3.48. The first-order valence-electron chi connectivity index (χ1n) is 8.17. The minimum absolute atomic E-state index is 0.117. The average molecular weight is 339 g/mol. The Morgan fingerprint density at radius 1 is 1.20 bits per heavy atom. The Morgan fingerprint density at radius 3 is 2.72 bits per heavy atom. The third kappa shape index (κ3) is 3.15. The van der Waals surface area contributed by atoms with Crippen molar-refractivity contribution in [2.24, 2.45) is 14.1 Å². The Bertz CT molecular complexity index is 985. The minimum atomic E-state index is -0.230. The molecule has 1 aromatic carbocycles. The van der Waals surface area contributed by atoms with Crippen LogP contribution in [0.5, 0.6) is 5.75 Å². The summed E-state index contributed by atoms with van der Waals surface area (Å²) in [5.74, 6) is 0.531. The van der Waals surface area contributed by atoms with Gasteiger partial charge in [-0.1, -0.05) is 18.2 Å². The summed E-state index contributed by atoms with van der Waals surface area (Å²) in [4.78, 5) is 24.8. The maximum absolute atomic E-state index is 12.6. The van der Waals surface area contributed by atoms with Gasteiger partial charge in [0.05, 0.1) is 17.5 Å². The molecule has 3 rings (SSSR count). The standard InChI is InChI=1S/C19H21N3O3/c1-4-25-17-8-6-5-7-13(17)12-20-18(23)16-11-14-15(22(16)3)9-10-21(2)19(14)24/h5-11H,4,12H2,1-3H3,(H,20,23). The van der Waals surface area contributed by atoms with Crippen molar-refractivity contribution >= 4 is 16.8 Å². The molecule has 0 aliphatic heterocycles. The molecule has 0 aliphatic carbocycles. The molecular weight excluding hydrogens is 318 g/mol. The fourth-order valence-electron chi connectivity index (χ4n) is 2.86. The van der Waals surface area contributed by atoms with Crippen molar-refractivity contribution in [1.82, 2.24) is 14.5 Å². The van der Waals surface area contributed by atoms with Crippen LogP contribution in [0.3, 0.4) is 0 Å². The zero-order valence-corrected chi connectivity index (χ0v) is 14.6. The van der Waals surface area contributed by atoms with Gasteiger partial charge in [0.1, 0.15) is 11.4 Å². The van der Waals surface area contributed by atoms with E-state index >= 15 is 0 Å².